The molecule has 0 saturated heterocycles. The van der Waals surface area contributed by atoms with Gasteiger partial charge in [0, 0.05) is 10.5 Å². The summed E-state index contributed by atoms with van der Waals surface area (Å²) in [5, 5.41) is 13.9. The Morgan fingerprint density at radius 3 is 2.60 bits per heavy atom. The summed E-state index contributed by atoms with van der Waals surface area (Å²) in [5.74, 6) is -2.23. The van der Waals surface area contributed by atoms with E-state index in [-0.39, 0.29) is 31.2 Å². The predicted octanol–water partition coefficient (Wildman–Crippen LogP) is 3.96. The van der Waals surface area contributed by atoms with Gasteiger partial charge in [0.05, 0.1) is 11.6 Å². The second kappa shape index (κ2) is 5.73. The normalized spacial score (nSPS) is 27.7. The molecule has 108 valence electrons. The Morgan fingerprint density at radius 1 is 1.35 bits per heavy atom. The van der Waals surface area contributed by atoms with E-state index in [0.717, 1.165) is 6.07 Å². The molecule has 0 bridgehead atoms. The first-order chi connectivity index (χ1) is 9.48. The first-order valence-electron chi connectivity index (χ1n) is 6.32. The molecule has 0 amide bonds. The van der Waals surface area contributed by atoms with Crippen molar-refractivity contribution in [2.24, 2.45) is 5.11 Å². The zero-order valence-corrected chi connectivity index (χ0v) is 10.6. The fourth-order valence-electron chi connectivity index (χ4n) is 2.60. The SMILES string of the molecule is [N-]=[N+]=NC(c1cccc(F)c1F)C1(O)CCC(F)CC1. The molecule has 1 aromatic rings. The number of benzene rings is 1. The van der Waals surface area contributed by atoms with Crippen LogP contribution in [0, 0.1) is 11.6 Å². The van der Waals surface area contributed by atoms with Gasteiger partial charge in [-0.3, -0.25) is 0 Å². The van der Waals surface area contributed by atoms with Gasteiger partial charge >= 0.3 is 0 Å². The second-order valence-corrected chi connectivity index (χ2v) is 5.03. The van der Waals surface area contributed by atoms with Crippen LogP contribution in [0.1, 0.15) is 37.3 Å². The van der Waals surface area contributed by atoms with Gasteiger partial charge in [0.2, 0.25) is 0 Å². The number of aliphatic hydroxyl groups is 1. The molecule has 0 aromatic heterocycles. The van der Waals surface area contributed by atoms with Gasteiger partial charge in [0.1, 0.15) is 6.17 Å². The number of hydrogen-bond acceptors (Lipinski definition) is 2. The summed E-state index contributed by atoms with van der Waals surface area (Å²) in [6.45, 7) is 0. The van der Waals surface area contributed by atoms with Crippen molar-refractivity contribution < 1.29 is 18.3 Å². The summed E-state index contributed by atoms with van der Waals surface area (Å²) in [6.07, 6.45) is -0.753. The molecule has 7 heteroatoms. The lowest BCUT2D eigenvalue weighted by Gasteiger charge is -2.38. The van der Waals surface area contributed by atoms with Crippen molar-refractivity contribution in [3.05, 3.63) is 45.8 Å². The van der Waals surface area contributed by atoms with Gasteiger partial charge < -0.3 is 5.11 Å². The number of rotatable bonds is 3. The second-order valence-electron chi connectivity index (χ2n) is 5.03. The monoisotopic (exact) mass is 285 g/mol. The van der Waals surface area contributed by atoms with Crippen LogP contribution >= 0.6 is 0 Å². The van der Waals surface area contributed by atoms with Gasteiger partial charge in [-0.05, 0) is 37.3 Å². The van der Waals surface area contributed by atoms with E-state index in [9.17, 15) is 18.3 Å². The van der Waals surface area contributed by atoms with Gasteiger partial charge in [-0.1, -0.05) is 17.2 Å². The average molecular weight is 285 g/mol. The molecule has 1 aliphatic rings. The van der Waals surface area contributed by atoms with Gasteiger partial charge in [-0.25, -0.2) is 13.2 Å². The Morgan fingerprint density at radius 2 is 2.00 bits per heavy atom. The molecular formula is C13H14F3N3O. The fraction of sp³-hybridized carbons (Fsp3) is 0.538. The van der Waals surface area contributed by atoms with E-state index < -0.39 is 29.4 Å². The smallest absolute Gasteiger partial charge is 0.162 e. The van der Waals surface area contributed by atoms with Crippen molar-refractivity contribution >= 4 is 0 Å². The molecular weight excluding hydrogens is 271 g/mol. The largest absolute Gasteiger partial charge is 0.389 e. The highest BCUT2D eigenvalue weighted by molar-refractivity contribution is 5.26. The lowest BCUT2D eigenvalue weighted by molar-refractivity contribution is -0.0370. The Hall–Kier alpha value is -1.72. The van der Waals surface area contributed by atoms with Gasteiger partial charge in [0.25, 0.3) is 0 Å². The first kappa shape index (κ1) is 14.7. The maximum Gasteiger partial charge on any atom is 0.162 e. The van der Waals surface area contributed by atoms with Crippen LogP contribution in [-0.2, 0) is 0 Å². The zero-order chi connectivity index (χ0) is 14.8. The average Bonchev–Trinajstić information content (AvgIpc) is 2.43. The minimum atomic E-state index is -1.55. The molecule has 1 aromatic carbocycles. The van der Waals surface area contributed by atoms with Crippen LogP contribution in [0.3, 0.4) is 0 Å². The van der Waals surface area contributed by atoms with Crippen LogP contribution in [0.15, 0.2) is 23.3 Å². The summed E-state index contributed by atoms with van der Waals surface area (Å²) in [7, 11) is 0. The number of hydrogen-bond donors (Lipinski definition) is 1. The Kier molecular flexibility index (Phi) is 4.20. The summed E-state index contributed by atoms with van der Waals surface area (Å²) < 4.78 is 40.3. The van der Waals surface area contributed by atoms with E-state index in [1.165, 1.54) is 12.1 Å². The van der Waals surface area contributed by atoms with E-state index in [2.05, 4.69) is 10.0 Å². The molecule has 0 heterocycles. The molecule has 20 heavy (non-hydrogen) atoms. The Bertz CT molecular complexity index is 538. The third-order valence-electron chi connectivity index (χ3n) is 3.73. The maximum atomic E-state index is 13.8. The minimum Gasteiger partial charge on any atom is -0.389 e. The number of alkyl halides is 1. The fourth-order valence-corrected chi connectivity index (χ4v) is 2.60. The Labute approximate surface area is 113 Å². The molecule has 2 rings (SSSR count). The van der Waals surface area contributed by atoms with Crippen molar-refractivity contribution in [3.63, 3.8) is 0 Å². The van der Waals surface area contributed by atoms with E-state index in [1.807, 2.05) is 0 Å². The van der Waals surface area contributed by atoms with Gasteiger partial charge in [-0.15, -0.1) is 0 Å². The van der Waals surface area contributed by atoms with E-state index in [1.54, 1.807) is 0 Å². The van der Waals surface area contributed by atoms with E-state index in [0.29, 0.717) is 0 Å². The van der Waals surface area contributed by atoms with Crippen molar-refractivity contribution in [1.82, 2.24) is 0 Å². The lowest BCUT2D eigenvalue weighted by atomic mass is 9.76. The molecule has 1 unspecified atom stereocenters. The lowest BCUT2D eigenvalue weighted by Crippen LogP contribution is -2.40. The van der Waals surface area contributed by atoms with Crippen LogP contribution in [0.2, 0.25) is 0 Å². The predicted molar refractivity (Wildman–Crippen MR) is 66.6 cm³/mol. The molecule has 0 aliphatic heterocycles. The van der Waals surface area contributed by atoms with Gasteiger partial charge in [0.15, 0.2) is 11.6 Å². The molecule has 0 radical (unpaired) electrons. The summed E-state index contributed by atoms with van der Waals surface area (Å²) >= 11 is 0. The van der Waals surface area contributed by atoms with Crippen LogP contribution < -0.4 is 0 Å². The minimum absolute atomic E-state index is 0.0355. The van der Waals surface area contributed by atoms with E-state index >= 15 is 0 Å². The maximum absolute atomic E-state index is 13.8. The summed E-state index contributed by atoms with van der Waals surface area (Å²) in [6, 6.07) is 2.21. The quantitative estimate of drug-likeness (QED) is 0.509. The standard InChI is InChI=1S/C13H14F3N3O/c14-8-4-6-13(20,7-5-8)12(18-19-17)9-2-1-3-10(15)11(9)16/h1-3,8,12,20H,4-7H2. The molecule has 0 spiro atoms. The zero-order valence-electron chi connectivity index (χ0n) is 10.6. The highest BCUT2D eigenvalue weighted by Crippen LogP contribution is 2.42. The summed E-state index contributed by atoms with van der Waals surface area (Å²) in [4.78, 5) is 2.60. The molecule has 1 saturated carbocycles. The van der Waals surface area contributed by atoms with Crippen LogP contribution in [0.25, 0.3) is 10.4 Å². The molecule has 1 atom stereocenters. The van der Waals surface area contributed by atoms with Crippen molar-refractivity contribution in [3.8, 4) is 0 Å². The highest BCUT2D eigenvalue weighted by atomic mass is 19.2. The molecule has 1 aliphatic carbocycles. The highest BCUT2D eigenvalue weighted by Gasteiger charge is 2.42. The van der Waals surface area contributed by atoms with E-state index in [4.69, 9.17) is 5.53 Å². The van der Waals surface area contributed by atoms with Crippen molar-refractivity contribution in [2.45, 2.75) is 43.5 Å². The summed E-state index contributed by atoms with van der Waals surface area (Å²) in [5.41, 5.74) is 6.85. The third kappa shape index (κ3) is 2.73. The molecule has 1 N–H and O–H groups in total. The third-order valence-corrected chi connectivity index (χ3v) is 3.73. The van der Waals surface area contributed by atoms with Crippen LogP contribution in [0.4, 0.5) is 13.2 Å². The number of azide groups is 1. The van der Waals surface area contributed by atoms with Gasteiger partial charge in [-0.2, -0.15) is 0 Å². The van der Waals surface area contributed by atoms with Crippen molar-refractivity contribution in [2.75, 3.05) is 0 Å². The Balaban J connectivity index is 2.41. The number of nitrogens with zero attached hydrogens (tertiary/aromatic N) is 3. The number of halogens is 3. The first-order valence-corrected chi connectivity index (χ1v) is 6.32. The van der Waals surface area contributed by atoms with Crippen LogP contribution in [-0.4, -0.2) is 16.9 Å². The molecule has 4 nitrogen and oxygen atoms in total. The topological polar surface area (TPSA) is 69.0 Å². The molecule has 1 fully saturated rings. The van der Waals surface area contributed by atoms with Crippen molar-refractivity contribution in [1.29, 1.82) is 0 Å². The van der Waals surface area contributed by atoms with Crippen LogP contribution in [0.5, 0.6) is 0 Å².